The van der Waals surface area contributed by atoms with E-state index < -0.39 is 0 Å². The van der Waals surface area contributed by atoms with Crippen molar-refractivity contribution in [3.05, 3.63) is 81.3 Å². The number of hydrogen-bond donors (Lipinski definition) is 1. The Bertz CT molecular complexity index is 1090. The van der Waals surface area contributed by atoms with Crippen molar-refractivity contribution in [3.8, 4) is 0 Å². The van der Waals surface area contributed by atoms with Crippen molar-refractivity contribution in [1.82, 2.24) is 14.8 Å². The molecule has 6 heteroatoms. The van der Waals surface area contributed by atoms with Gasteiger partial charge in [-0.3, -0.25) is 14.4 Å². The Morgan fingerprint density at radius 2 is 1.97 bits per heavy atom. The number of amides is 2. The highest BCUT2D eigenvalue weighted by Gasteiger charge is 2.27. The monoisotopic (exact) mass is 447 g/mol. The molecule has 0 fully saturated rings. The number of hydrogen-bond acceptors (Lipinski definition) is 3. The number of aromatic nitrogens is 1. The zero-order chi connectivity index (χ0) is 23.2. The van der Waals surface area contributed by atoms with E-state index >= 15 is 0 Å². The van der Waals surface area contributed by atoms with Crippen LogP contribution < -0.4 is 10.9 Å². The van der Waals surface area contributed by atoms with Crippen molar-refractivity contribution in [1.29, 1.82) is 0 Å². The van der Waals surface area contributed by atoms with Crippen LogP contribution in [0.15, 0.2) is 53.5 Å². The molecule has 2 heterocycles. The highest BCUT2D eigenvalue weighted by atomic mass is 16.2. The van der Waals surface area contributed by atoms with E-state index in [1.54, 1.807) is 16.4 Å². The van der Waals surface area contributed by atoms with Gasteiger partial charge in [0.05, 0.1) is 0 Å². The van der Waals surface area contributed by atoms with Crippen LogP contribution in [-0.4, -0.2) is 34.4 Å². The van der Waals surface area contributed by atoms with Gasteiger partial charge in [0.25, 0.3) is 11.5 Å². The van der Waals surface area contributed by atoms with E-state index in [9.17, 15) is 14.4 Å². The van der Waals surface area contributed by atoms with Gasteiger partial charge in [-0.2, -0.15) is 0 Å². The van der Waals surface area contributed by atoms with Crippen LogP contribution in [0.1, 0.15) is 59.7 Å². The normalized spacial score (nSPS) is 17.5. The van der Waals surface area contributed by atoms with Crippen LogP contribution in [0.3, 0.4) is 0 Å². The average Bonchev–Trinajstić information content (AvgIpc) is 2.83. The fourth-order valence-electron chi connectivity index (χ4n) is 4.87. The molecule has 33 heavy (non-hydrogen) atoms. The fraction of sp³-hybridized carbons (Fsp3) is 0.444. The second-order valence-electron chi connectivity index (χ2n) is 9.13. The minimum Gasteiger partial charge on any atom is -0.352 e. The quantitative estimate of drug-likeness (QED) is 0.661. The Balaban J connectivity index is 1.56. The lowest BCUT2D eigenvalue weighted by atomic mass is 9.91. The molecule has 1 unspecified atom stereocenters. The van der Waals surface area contributed by atoms with E-state index in [0.29, 0.717) is 44.9 Å². The number of fused-ring (bicyclic) bond motifs is 1. The first-order valence-corrected chi connectivity index (χ1v) is 12.0. The molecule has 0 bridgehead atoms. The Labute approximate surface area is 195 Å². The minimum absolute atomic E-state index is 0.00946. The lowest BCUT2D eigenvalue weighted by Gasteiger charge is -2.29. The van der Waals surface area contributed by atoms with Gasteiger partial charge >= 0.3 is 0 Å². The standard InChI is InChI=1S/C27H33N3O3/c1-20(31)29-17-14-24-23(18-29)19-30(16-13-22-10-6-3-7-11-22)27(33)25(24)26(32)28-15-12-21-8-4-2-5-9-21/h2-4,6-7,10-11,19,21H,5,8-9,12-18H2,1H3,(H,28,32). The zero-order valence-electron chi connectivity index (χ0n) is 19.4. The van der Waals surface area contributed by atoms with Crippen LogP contribution in [0, 0.1) is 5.92 Å². The van der Waals surface area contributed by atoms with Crippen LogP contribution in [-0.2, 0) is 30.7 Å². The van der Waals surface area contributed by atoms with Crippen LogP contribution in [0.25, 0.3) is 0 Å². The maximum atomic E-state index is 13.4. The van der Waals surface area contributed by atoms with Crippen molar-refractivity contribution >= 4 is 11.8 Å². The van der Waals surface area contributed by atoms with Gasteiger partial charge in [0, 0.05) is 39.3 Å². The molecule has 0 spiro atoms. The van der Waals surface area contributed by atoms with E-state index in [1.807, 2.05) is 36.5 Å². The molecule has 1 aliphatic heterocycles. The summed E-state index contributed by atoms with van der Waals surface area (Å²) in [6.07, 6.45) is 11.7. The lowest BCUT2D eigenvalue weighted by molar-refractivity contribution is -0.129. The van der Waals surface area contributed by atoms with E-state index in [0.717, 1.165) is 42.4 Å². The average molecular weight is 448 g/mol. The van der Waals surface area contributed by atoms with Crippen LogP contribution >= 0.6 is 0 Å². The molecule has 174 valence electrons. The van der Waals surface area contributed by atoms with E-state index in [2.05, 4.69) is 17.5 Å². The number of carbonyl (C=O) groups is 2. The van der Waals surface area contributed by atoms with Crippen molar-refractivity contribution in [2.24, 2.45) is 5.92 Å². The van der Waals surface area contributed by atoms with Crippen molar-refractivity contribution in [2.45, 2.75) is 58.5 Å². The van der Waals surface area contributed by atoms with Gasteiger partial charge < -0.3 is 14.8 Å². The molecule has 1 aromatic carbocycles. The summed E-state index contributed by atoms with van der Waals surface area (Å²) in [5.41, 5.74) is 2.85. The highest BCUT2D eigenvalue weighted by molar-refractivity contribution is 5.95. The number of nitrogens with zero attached hydrogens (tertiary/aromatic N) is 2. The van der Waals surface area contributed by atoms with E-state index in [-0.39, 0.29) is 22.9 Å². The molecule has 0 saturated carbocycles. The second kappa shape index (κ2) is 10.6. The van der Waals surface area contributed by atoms with Crippen LogP contribution in [0.5, 0.6) is 0 Å². The molecule has 4 rings (SSSR count). The van der Waals surface area contributed by atoms with Gasteiger partial charge in [0.15, 0.2) is 0 Å². The summed E-state index contributed by atoms with van der Waals surface area (Å²) in [7, 11) is 0. The third-order valence-corrected chi connectivity index (χ3v) is 6.84. The van der Waals surface area contributed by atoms with Gasteiger partial charge in [-0.25, -0.2) is 0 Å². The van der Waals surface area contributed by atoms with Crippen LogP contribution in [0.2, 0.25) is 0 Å². The van der Waals surface area contributed by atoms with Gasteiger partial charge in [0.2, 0.25) is 5.91 Å². The number of carbonyl (C=O) groups excluding carboxylic acids is 2. The fourth-order valence-corrected chi connectivity index (χ4v) is 4.87. The van der Waals surface area contributed by atoms with Gasteiger partial charge in [0.1, 0.15) is 5.56 Å². The van der Waals surface area contributed by atoms with Crippen molar-refractivity contribution in [2.75, 3.05) is 13.1 Å². The molecule has 1 aromatic heterocycles. The number of benzene rings is 1. The number of pyridine rings is 1. The molecule has 2 aromatic rings. The Hall–Kier alpha value is -3.15. The van der Waals surface area contributed by atoms with E-state index in [4.69, 9.17) is 0 Å². The topological polar surface area (TPSA) is 71.4 Å². The first-order chi connectivity index (χ1) is 16.0. The molecule has 1 N–H and O–H groups in total. The minimum atomic E-state index is -0.284. The number of nitrogens with one attached hydrogen (secondary N) is 1. The molecule has 1 atom stereocenters. The molecule has 2 amide bonds. The number of aryl methyl sites for hydroxylation is 2. The first kappa shape index (κ1) is 23.0. The Morgan fingerprint density at radius 3 is 2.70 bits per heavy atom. The molecule has 6 nitrogen and oxygen atoms in total. The summed E-state index contributed by atoms with van der Waals surface area (Å²) in [4.78, 5) is 40.3. The predicted octanol–water partition coefficient (Wildman–Crippen LogP) is 3.47. The Morgan fingerprint density at radius 1 is 1.15 bits per heavy atom. The van der Waals surface area contributed by atoms with Crippen molar-refractivity contribution < 1.29 is 9.59 Å². The SMILES string of the molecule is CC(=O)N1CCc2c(cn(CCc3ccccc3)c(=O)c2C(=O)NCCC2CC=CCC2)C1. The summed E-state index contributed by atoms with van der Waals surface area (Å²) >= 11 is 0. The maximum absolute atomic E-state index is 13.4. The summed E-state index contributed by atoms with van der Waals surface area (Å²) in [6.45, 7) is 3.59. The number of rotatable bonds is 7. The number of allylic oxidation sites excluding steroid dienone is 2. The summed E-state index contributed by atoms with van der Waals surface area (Å²) in [6, 6.07) is 10.0. The molecular formula is C27H33N3O3. The molecule has 2 aliphatic rings. The molecule has 0 saturated heterocycles. The second-order valence-corrected chi connectivity index (χ2v) is 9.13. The predicted molar refractivity (Wildman–Crippen MR) is 129 cm³/mol. The molecular weight excluding hydrogens is 414 g/mol. The summed E-state index contributed by atoms with van der Waals surface area (Å²) in [5.74, 6) is 0.315. The largest absolute Gasteiger partial charge is 0.352 e. The molecule has 1 aliphatic carbocycles. The van der Waals surface area contributed by atoms with Crippen LogP contribution in [0.4, 0.5) is 0 Å². The van der Waals surface area contributed by atoms with Crippen molar-refractivity contribution in [3.63, 3.8) is 0 Å². The third-order valence-electron chi connectivity index (χ3n) is 6.84. The summed E-state index contributed by atoms with van der Waals surface area (Å²) in [5, 5.41) is 3.02. The third kappa shape index (κ3) is 5.62. The molecule has 0 radical (unpaired) electrons. The lowest BCUT2D eigenvalue weighted by Crippen LogP contribution is -2.41. The maximum Gasteiger partial charge on any atom is 0.263 e. The van der Waals surface area contributed by atoms with Gasteiger partial charge in [-0.1, -0.05) is 42.5 Å². The first-order valence-electron chi connectivity index (χ1n) is 12.0. The Kier molecular flexibility index (Phi) is 7.43. The highest BCUT2D eigenvalue weighted by Crippen LogP contribution is 2.22. The van der Waals surface area contributed by atoms with Gasteiger partial charge in [-0.15, -0.1) is 0 Å². The summed E-state index contributed by atoms with van der Waals surface area (Å²) < 4.78 is 1.65. The van der Waals surface area contributed by atoms with Gasteiger partial charge in [-0.05, 0) is 61.1 Å². The zero-order valence-corrected chi connectivity index (χ0v) is 19.4. The van der Waals surface area contributed by atoms with E-state index in [1.165, 1.54) is 0 Å². The smallest absolute Gasteiger partial charge is 0.263 e.